The molecule has 0 spiro atoms. The summed E-state index contributed by atoms with van der Waals surface area (Å²) in [5, 5.41) is 6.50. The van der Waals surface area contributed by atoms with E-state index in [0.29, 0.717) is 19.6 Å². The van der Waals surface area contributed by atoms with Crippen LogP contribution in [-0.2, 0) is 32.0 Å². The third-order valence-electron chi connectivity index (χ3n) is 7.82. The quantitative estimate of drug-likeness (QED) is 0.250. The van der Waals surface area contributed by atoms with Crippen molar-refractivity contribution in [2.24, 2.45) is 5.92 Å². The topological polar surface area (TPSA) is 87.7 Å². The molecule has 2 amide bonds. The number of unbranched alkanes of at least 4 members (excludes halogenated alkanes) is 1. The summed E-state index contributed by atoms with van der Waals surface area (Å²) >= 11 is 0. The van der Waals surface area contributed by atoms with E-state index < -0.39 is 0 Å². The third-order valence-corrected chi connectivity index (χ3v) is 7.82. The highest BCUT2D eigenvalue weighted by atomic mass is 16.5. The first kappa shape index (κ1) is 27.4. The standard InChI is InChI=1S/C33H37N3O4/c1-2-40-32(38)13-7-8-18-34-30-12-6-5-11-29(30)23-14-16-27(17-15-23)35-33(39)26-21-31(37)36(22-26)28-19-24-9-3-4-10-25(24)20-28/h3-6,9-12,14-17,26,28,34H,2,7-8,13,18-22H2,1H3,(H,35,39). The molecule has 2 aliphatic rings. The third kappa shape index (κ3) is 6.53. The number of likely N-dealkylation sites (tertiary alicyclic amines) is 1. The Hall–Kier alpha value is -4.13. The number of benzene rings is 3. The minimum atomic E-state index is -0.343. The Bertz CT molecular complexity index is 1330. The number of fused-ring (bicyclic) bond motifs is 1. The predicted octanol–water partition coefficient (Wildman–Crippen LogP) is 5.45. The minimum absolute atomic E-state index is 0.0679. The van der Waals surface area contributed by atoms with Gasteiger partial charge in [-0.05, 0) is 67.5 Å². The number of anilines is 2. The van der Waals surface area contributed by atoms with Gasteiger partial charge in [0, 0.05) is 48.9 Å². The highest BCUT2D eigenvalue weighted by molar-refractivity contribution is 5.97. The number of carbonyl (C=O) groups excluding carboxylic acids is 3. The molecule has 1 fully saturated rings. The summed E-state index contributed by atoms with van der Waals surface area (Å²) in [4.78, 5) is 39.3. The highest BCUT2D eigenvalue weighted by Crippen LogP contribution is 2.32. The first-order valence-corrected chi connectivity index (χ1v) is 14.3. The van der Waals surface area contributed by atoms with Gasteiger partial charge < -0.3 is 20.3 Å². The van der Waals surface area contributed by atoms with Crippen molar-refractivity contribution in [3.8, 4) is 11.1 Å². The molecule has 1 saturated heterocycles. The van der Waals surface area contributed by atoms with E-state index in [4.69, 9.17) is 4.74 Å². The normalized spacial score (nSPS) is 16.6. The van der Waals surface area contributed by atoms with Gasteiger partial charge in [0.25, 0.3) is 0 Å². The number of carbonyl (C=O) groups is 3. The van der Waals surface area contributed by atoms with Gasteiger partial charge in [-0.15, -0.1) is 0 Å². The molecule has 3 aromatic carbocycles. The molecule has 2 N–H and O–H groups in total. The number of amides is 2. The van der Waals surface area contributed by atoms with Crippen molar-refractivity contribution in [3.05, 3.63) is 83.9 Å². The van der Waals surface area contributed by atoms with Gasteiger partial charge in [-0.25, -0.2) is 0 Å². The van der Waals surface area contributed by atoms with Gasteiger partial charge in [0.2, 0.25) is 11.8 Å². The molecule has 0 bridgehead atoms. The Morgan fingerprint density at radius 1 is 0.900 bits per heavy atom. The first-order chi connectivity index (χ1) is 19.5. The van der Waals surface area contributed by atoms with Crippen molar-refractivity contribution in [1.82, 2.24) is 4.90 Å². The van der Waals surface area contributed by atoms with Crippen molar-refractivity contribution in [2.75, 3.05) is 30.3 Å². The second-order valence-electron chi connectivity index (χ2n) is 10.6. The Balaban J connectivity index is 1.13. The Kier molecular flexibility index (Phi) is 8.79. The lowest BCUT2D eigenvalue weighted by Crippen LogP contribution is -2.38. The number of hydrogen-bond acceptors (Lipinski definition) is 5. The number of para-hydroxylation sites is 1. The average molecular weight is 540 g/mol. The smallest absolute Gasteiger partial charge is 0.305 e. The molecule has 3 aromatic rings. The molecule has 7 heteroatoms. The van der Waals surface area contributed by atoms with Crippen molar-refractivity contribution in [1.29, 1.82) is 0 Å². The Morgan fingerprint density at radius 3 is 2.33 bits per heavy atom. The molecule has 7 nitrogen and oxygen atoms in total. The molecule has 0 aromatic heterocycles. The summed E-state index contributed by atoms with van der Waals surface area (Å²) in [6.45, 7) is 3.47. The van der Waals surface area contributed by atoms with Crippen molar-refractivity contribution < 1.29 is 19.1 Å². The highest BCUT2D eigenvalue weighted by Gasteiger charge is 2.39. The summed E-state index contributed by atoms with van der Waals surface area (Å²) in [6.07, 6.45) is 4.07. The summed E-state index contributed by atoms with van der Waals surface area (Å²) in [6, 6.07) is 24.4. The van der Waals surface area contributed by atoms with Gasteiger partial charge in [0.15, 0.2) is 0 Å². The molecule has 5 rings (SSSR count). The van der Waals surface area contributed by atoms with E-state index in [1.807, 2.05) is 66.4 Å². The summed E-state index contributed by atoms with van der Waals surface area (Å²) in [5.74, 6) is -0.529. The molecular formula is C33H37N3O4. The zero-order valence-electron chi connectivity index (χ0n) is 23.0. The molecule has 0 radical (unpaired) electrons. The molecule has 208 valence electrons. The van der Waals surface area contributed by atoms with Crippen LogP contribution in [0.25, 0.3) is 11.1 Å². The number of hydrogen-bond donors (Lipinski definition) is 2. The molecule has 1 atom stereocenters. The van der Waals surface area contributed by atoms with E-state index in [1.54, 1.807) is 0 Å². The Labute approximate surface area is 235 Å². The van der Waals surface area contributed by atoms with Crippen molar-refractivity contribution in [3.63, 3.8) is 0 Å². The maximum absolute atomic E-state index is 13.1. The molecule has 0 saturated carbocycles. The second-order valence-corrected chi connectivity index (χ2v) is 10.6. The van der Waals surface area contributed by atoms with Gasteiger partial charge in [0.05, 0.1) is 12.5 Å². The van der Waals surface area contributed by atoms with Gasteiger partial charge in [-0.2, -0.15) is 0 Å². The molecular weight excluding hydrogens is 502 g/mol. The van der Waals surface area contributed by atoms with E-state index in [1.165, 1.54) is 11.1 Å². The van der Waals surface area contributed by atoms with Crippen LogP contribution in [-0.4, -0.2) is 48.4 Å². The number of ether oxygens (including phenoxy) is 1. The maximum Gasteiger partial charge on any atom is 0.305 e. The summed E-state index contributed by atoms with van der Waals surface area (Å²) < 4.78 is 4.98. The fourth-order valence-electron chi connectivity index (χ4n) is 5.73. The van der Waals surface area contributed by atoms with E-state index in [9.17, 15) is 14.4 Å². The van der Waals surface area contributed by atoms with Crippen LogP contribution < -0.4 is 10.6 Å². The van der Waals surface area contributed by atoms with E-state index in [2.05, 4.69) is 28.8 Å². The summed E-state index contributed by atoms with van der Waals surface area (Å²) in [7, 11) is 0. The van der Waals surface area contributed by atoms with E-state index in [-0.39, 0.29) is 36.2 Å². The molecule has 1 aliphatic carbocycles. The fraction of sp³-hybridized carbons (Fsp3) is 0.364. The second kappa shape index (κ2) is 12.8. The number of rotatable bonds is 11. The molecule has 1 aliphatic heterocycles. The lowest BCUT2D eigenvalue weighted by Gasteiger charge is -2.24. The van der Waals surface area contributed by atoms with Crippen LogP contribution >= 0.6 is 0 Å². The van der Waals surface area contributed by atoms with Crippen LogP contribution in [0.5, 0.6) is 0 Å². The molecule has 1 unspecified atom stereocenters. The molecule has 1 heterocycles. The van der Waals surface area contributed by atoms with Crippen molar-refractivity contribution in [2.45, 2.75) is 51.5 Å². The summed E-state index contributed by atoms with van der Waals surface area (Å²) in [5.41, 5.74) is 6.46. The minimum Gasteiger partial charge on any atom is -0.466 e. The monoisotopic (exact) mass is 539 g/mol. The zero-order valence-corrected chi connectivity index (χ0v) is 23.0. The van der Waals surface area contributed by atoms with Crippen LogP contribution in [0.2, 0.25) is 0 Å². The first-order valence-electron chi connectivity index (χ1n) is 14.3. The van der Waals surface area contributed by atoms with Gasteiger partial charge in [-0.3, -0.25) is 14.4 Å². The van der Waals surface area contributed by atoms with Crippen molar-refractivity contribution >= 4 is 29.2 Å². The van der Waals surface area contributed by atoms with Crippen LogP contribution in [0, 0.1) is 5.92 Å². The maximum atomic E-state index is 13.1. The van der Waals surface area contributed by atoms with Crippen LogP contribution in [0.1, 0.15) is 43.7 Å². The van der Waals surface area contributed by atoms with Gasteiger partial charge in [0.1, 0.15) is 0 Å². The largest absolute Gasteiger partial charge is 0.466 e. The van der Waals surface area contributed by atoms with Crippen LogP contribution in [0.3, 0.4) is 0 Å². The van der Waals surface area contributed by atoms with Gasteiger partial charge in [-0.1, -0.05) is 54.6 Å². The fourth-order valence-corrected chi connectivity index (χ4v) is 5.73. The van der Waals surface area contributed by atoms with E-state index in [0.717, 1.165) is 54.7 Å². The lowest BCUT2D eigenvalue weighted by molar-refractivity contribution is -0.143. The zero-order chi connectivity index (χ0) is 27.9. The van der Waals surface area contributed by atoms with Crippen LogP contribution in [0.4, 0.5) is 11.4 Å². The lowest BCUT2D eigenvalue weighted by atomic mass is 10.0. The SMILES string of the molecule is CCOC(=O)CCCCNc1ccccc1-c1ccc(NC(=O)C2CC(=O)N(C3Cc4ccccc4C3)C2)cc1. The Morgan fingerprint density at radius 2 is 1.60 bits per heavy atom. The number of esters is 1. The molecule has 40 heavy (non-hydrogen) atoms. The number of nitrogens with one attached hydrogen (secondary N) is 2. The number of nitrogens with zero attached hydrogens (tertiary/aromatic N) is 1. The average Bonchev–Trinajstić information content (AvgIpc) is 3.57. The predicted molar refractivity (Wildman–Crippen MR) is 157 cm³/mol. The van der Waals surface area contributed by atoms with Gasteiger partial charge >= 0.3 is 5.97 Å². The van der Waals surface area contributed by atoms with E-state index >= 15 is 0 Å². The van der Waals surface area contributed by atoms with Crippen LogP contribution in [0.15, 0.2) is 72.8 Å².